The third kappa shape index (κ3) is 8.15. The van der Waals surface area contributed by atoms with E-state index in [1.54, 1.807) is 20.8 Å². The molecule has 1 aliphatic rings. The number of ether oxygens (including phenoxy) is 4. The Morgan fingerprint density at radius 1 is 1.09 bits per heavy atom. The van der Waals surface area contributed by atoms with Gasteiger partial charge in [0.1, 0.15) is 24.3 Å². The van der Waals surface area contributed by atoms with Crippen molar-refractivity contribution >= 4 is 24.1 Å². The lowest BCUT2D eigenvalue weighted by Gasteiger charge is -2.33. The third-order valence-corrected chi connectivity index (χ3v) is 5.15. The van der Waals surface area contributed by atoms with Crippen molar-refractivity contribution < 1.29 is 38.1 Å². The Morgan fingerprint density at radius 2 is 1.71 bits per heavy atom. The van der Waals surface area contributed by atoms with E-state index < -0.39 is 53.5 Å². The molecule has 0 bridgehead atoms. The van der Waals surface area contributed by atoms with Gasteiger partial charge < -0.3 is 24.3 Å². The number of cyclic esters (lactones) is 1. The number of methoxy groups -OCH3 is 1. The third-order valence-electron chi connectivity index (χ3n) is 5.15. The summed E-state index contributed by atoms with van der Waals surface area (Å²) in [7, 11) is 1.19. The van der Waals surface area contributed by atoms with Crippen molar-refractivity contribution in [2.75, 3.05) is 7.11 Å². The molecule has 2 amide bonds. The van der Waals surface area contributed by atoms with Gasteiger partial charge in [0, 0.05) is 5.41 Å². The molecule has 1 aromatic carbocycles. The molecule has 0 aromatic heterocycles. The first kappa shape index (κ1) is 27.9. The van der Waals surface area contributed by atoms with Gasteiger partial charge in [-0.05, 0) is 39.2 Å². The molecule has 0 saturated carbocycles. The van der Waals surface area contributed by atoms with Crippen LogP contribution in [-0.2, 0) is 35.1 Å². The molecule has 0 radical (unpaired) electrons. The predicted molar refractivity (Wildman–Crippen MR) is 126 cm³/mol. The summed E-state index contributed by atoms with van der Waals surface area (Å²) in [6.07, 6.45) is -2.33. The summed E-state index contributed by atoms with van der Waals surface area (Å²) in [4.78, 5) is 51.6. The maximum atomic E-state index is 13.1. The van der Waals surface area contributed by atoms with Crippen LogP contribution in [0.5, 0.6) is 0 Å². The highest BCUT2D eigenvalue weighted by Crippen LogP contribution is 2.35. The lowest BCUT2D eigenvalue weighted by atomic mass is 9.93. The van der Waals surface area contributed by atoms with Gasteiger partial charge in [0.05, 0.1) is 7.11 Å². The molecule has 0 spiro atoms. The zero-order chi connectivity index (χ0) is 26.4. The van der Waals surface area contributed by atoms with Gasteiger partial charge in [0.15, 0.2) is 6.23 Å². The largest absolute Gasteiger partial charge is 0.467 e. The molecule has 10 nitrogen and oxygen atoms in total. The molecule has 10 heteroatoms. The Morgan fingerprint density at radius 3 is 2.26 bits per heavy atom. The van der Waals surface area contributed by atoms with Crippen molar-refractivity contribution in [1.29, 1.82) is 0 Å². The van der Waals surface area contributed by atoms with E-state index in [-0.39, 0.29) is 19.4 Å². The summed E-state index contributed by atoms with van der Waals surface area (Å²) >= 11 is 0. The van der Waals surface area contributed by atoms with E-state index in [4.69, 9.17) is 18.9 Å². The van der Waals surface area contributed by atoms with Crippen molar-refractivity contribution in [3.05, 3.63) is 35.9 Å². The highest BCUT2D eigenvalue weighted by molar-refractivity contribution is 5.85. The number of hydrogen-bond donors (Lipinski definition) is 1. The number of nitrogens with one attached hydrogen (secondary N) is 1. The van der Waals surface area contributed by atoms with Gasteiger partial charge in [0.25, 0.3) is 0 Å². The Kier molecular flexibility index (Phi) is 9.12. The number of alkyl carbamates (subject to hydrolysis) is 1. The van der Waals surface area contributed by atoms with Gasteiger partial charge in [-0.3, -0.25) is 4.90 Å². The fraction of sp³-hybridized carbons (Fsp3) is 0.600. The molecule has 3 atom stereocenters. The normalized spacial score (nSPS) is 18.9. The van der Waals surface area contributed by atoms with Crippen LogP contribution in [0.3, 0.4) is 0 Å². The molecule has 1 heterocycles. The van der Waals surface area contributed by atoms with Crippen LogP contribution in [0.25, 0.3) is 0 Å². The zero-order valence-electron chi connectivity index (χ0n) is 21.5. The predicted octanol–water partition coefficient (Wildman–Crippen LogP) is 3.77. The first-order valence-corrected chi connectivity index (χ1v) is 11.5. The van der Waals surface area contributed by atoms with Gasteiger partial charge in [-0.1, -0.05) is 51.1 Å². The van der Waals surface area contributed by atoms with Crippen LogP contribution in [0.4, 0.5) is 9.59 Å². The number of amides is 2. The highest BCUT2D eigenvalue weighted by Gasteiger charge is 2.50. The van der Waals surface area contributed by atoms with Crippen LogP contribution in [0.1, 0.15) is 59.9 Å². The Balaban J connectivity index is 2.17. The average Bonchev–Trinajstić information content (AvgIpc) is 3.10. The van der Waals surface area contributed by atoms with Crippen LogP contribution in [-0.4, -0.2) is 60.0 Å². The Hall–Kier alpha value is -3.30. The molecule has 0 aliphatic carbocycles. The lowest BCUT2D eigenvalue weighted by Crippen LogP contribution is -2.49. The monoisotopic (exact) mass is 492 g/mol. The Labute approximate surface area is 206 Å². The van der Waals surface area contributed by atoms with Crippen molar-refractivity contribution in [2.45, 2.75) is 84.9 Å². The van der Waals surface area contributed by atoms with Crippen LogP contribution >= 0.6 is 0 Å². The van der Waals surface area contributed by atoms with E-state index in [9.17, 15) is 19.2 Å². The van der Waals surface area contributed by atoms with Crippen LogP contribution in [0, 0.1) is 5.41 Å². The second kappa shape index (κ2) is 11.4. The number of carbonyl (C=O) groups excluding carboxylic acids is 4. The van der Waals surface area contributed by atoms with E-state index in [2.05, 4.69) is 5.32 Å². The molecule has 1 aliphatic heterocycles. The van der Waals surface area contributed by atoms with Gasteiger partial charge in [-0.15, -0.1) is 0 Å². The minimum Gasteiger partial charge on any atom is -0.467 e. The average molecular weight is 493 g/mol. The number of benzene rings is 1. The first-order chi connectivity index (χ1) is 16.2. The van der Waals surface area contributed by atoms with E-state index in [1.807, 2.05) is 51.1 Å². The fourth-order valence-electron chi connectivity index (χ4n) is 3.56. The summed E-state index contributed by atoms with van der Waals surface area (Å²) in [5.41, 5.74) is -0.560. The van der Waals surface area contributed by atoms with Crippen molar-refractivity contribution in [3.8, 4) is 0 Å². The van der Waals surface area contributed by atoms with Gasteiger partial charge >= 0.3 is 24.1 Å². The zero-order valence-corrected chi connectivity index (χ0v) is 21.5. The van der Waals surface area contributed by atoms with E-state index in [0.29, 0.717) is 0 Å². The van der Waals surface area contributed by atoms with E-state index in [1.165, 1.54) is 12.0 Å². The van der Waals surface area contributed by atoms with Crippen LogP contribution in [0.15, 0.2) is 30.3 Å². The second-order valence-corrected chi connectivity index (χ2v) is 10.4. The topological polar surface area (TPSA) is 120 Å². The van der Waals surface area contributed by atoms with Crippen LogP contribution in [0.2, 0.25) is 0 Å². The number of nitrogens with zero attached hydrogens (tertiary/aromatic N) is 1. The highest BCUT2D eigenvalue weighted by atomic mass is 16.6. The maximum Gasteiger partial charge on any atom is 0.413 e. The summed E-state index contributed by atoms with van der Waals surface area (Å²) in [6.45, 7) is 10.6. The molecule has 1 fully saturated rings. The molecule has 1 aromatic rings. The quantitative estimate of drug-likeness (QED) is 0.451. The molecule has 1 saturated heterocycles. The van der Waals surface area contributed by atoms with Gasteiger partial charge in [-0.2, -0.15) is 0 Å². The van der Waals surface area contributed by atoms with Crippen molar-refractivity contribution in [2.24, 2.45) is 5.41 Å². The second-order valence-electron chi connectivity index (χ2n) is 10.4. The molecular weight excluding hydrogens is 456 g/mol. The smallest absolute Gasteiger partial charge is 0.413 e. The summed E-state index contributed by atoms with van der Waals surface area (Å²) in [5.74, 6) is -1.31. The Bertz CT molecular complexity index is 904. The van der Waals surface area contributed by atoms with E-state index >= 15 is 0 Å². The minimum atomic E-state index is -1.08. The number of hydrogen-bond acceptors (Lipinski definition) is 8. The molecule has 1 N–H and O–H groups in total. The molecular formula is C25H36N2O8. The molecule has 0 unspecified atom stereocenters. The number of esters is 2. The molecule has 194 valence electrons. The standard InChI is InChI=1S/C25H36N2O8/c1-24(2,3)21-27(23(31)33-15-16-11-9-8-10-12-16)18(20(29)34-21)14-13-17(19(28)32-7)26-22(30)35-25(4,5)6/h8-12,17-18,21H,13-15H2,1-7H3,(H,26,30)/t17-,18+,21+/m1/s1. The summed E-state index contributed by atoms with van der Waals surface area (Å²) in [5, 5.41) is 2.47. The van der Waals surface area contributed by atoms with E-state index in [0.717, 1.165) is 5.56 Å². The van der Waals surface area contributed by atoms with Gasteiger partial charge in [0.2, 0.25) is 0 Å². The van der Waals surface area contributed by atoms with Crippen molar-refractivity contribution in [3.63, 3.8) is 0 Å². The van der Waals surface area contributed by atoms with Crippen LogP contribution < -0.4 is 5.32 Å². The summed E-state index contributed by atoms with van der Waals surface area (Å²) < 4.78 is 21.0. The number of rotatable bonds is 7. The molecule has 35 heavy (non-hydrogen) atoms. The molecule has 2 rings (SSSR count). The fourth-order valence-corrected chi connectivity index (χ4v) is 3.56. The minimum absolute atomic E-state index is 0.00497. The lowest BCUT2D eigenvalue weighted by molar-refractivity contribution is -0.148. The SMILES string of the molecule is COC(=O)[C@@H](CC[C@H]1C(=O)O[C@@H](C(C)(C)C)N1C(=O)OCc1ccccc1)NC(=O)OC(C)(C)C. The first-order valence-electron chi connectivity index (χ1n) is 11.5. The summed E-state index contributed by atoms with van der Waals surface area (Å²) in [6, 6.07) is 7.07. The van der Waals surface area contributed by atoms with Crippen molar-refractivity contribution in [1.82, 2.24) is 10.2 Å². The maximum absolute atomic E-state index is 13.1. The van der Waals surface area contributed by atoms with Gasteiger partial charge in [-0.25, -0.2) is 19.2 Å². The number of carbonyl (C=O) groups is 4.